The first kappa shape index (κ1) is 20.2. The maximum atomic E-state index is 12.8. The van der Waals surface area contributed by atoms with E-state index in [1.54, 1.807) is 12.1 Å². The number of likely N-dealkylation sites (N-methyl/N-ethyl adjacent to an activating group) is 1. The van der Waals surface area contributed by atoms with Crippen LogP contribution in [0.15, 0.2) is 48.5 Å². The number of halogens is 3. The molecule has 0 aromatic heterocycles. The first-order valence-electron chi connectivity index (χ1n) is 9.36. The molecule has 1 fully saturated rings. The van der Waals surface area contributed by atoms with E-state index in [1.807, 2.05) is 38.4 Å². The summed E-state index contributed by atoms with van der Waals surface area (Å²) in [5, 5.41) is 9.03. The van der Waals surface area contributed by atoms with Crippen LogP contribution in [0, 0.1) is 11.3 Å². The van der Waals surface area contributed by atoms with Gasteiger partial charge in [0.25, 0.3) is 0 Å². The minimum atomic E-state index is -4.31. The van der Waals surface area contributed by atoms with E-state index in [-0.39, 0.29) is 5.92 Å². The van der Waals surface area contributed by atoms with Gasteiger partial charge in [-0.05, 0) is 68.9 Å². The van der Waals surface area contributed by atoms with Crippen molar-refractivity contribution in [1.82, 2.24) is 4.90 Å². The fourth-order valence-electron chi connectivity index (χ4n) is 3.90. The lowest BCUT2D eigenvalue weighted by molar-refractivity contribution is -0.137. The van der Waals surface area contributed by atoms with Gasteiger partial charge in [-0.25, -0.2) is 0 Å². The van der Waals surface area contributed by atoms with Gasteiger partial charge in [0, 0.05) is 30.7 Å². The van der Waals surface area contributed by atoms with E-state index in [1.165, 1.54) is 12.1 Å². The lowest BCUT2D eigenvalue weighted by Gasteiger charge is -2.42. The van der Waals surface area contributed by atoms with Gasteiger partial charge in [-0.3, -0.25) is 0 Å². The first-order chi connectivity index (χ1) is 13.3. The van der Waals surface area contributed by atoms with E-state index in [0.29, 0.717) is 11.6 Å². The standard InChI is InChI=1S/C22H24F3N3/c1-27(2)15-21-12-7-18(17-5-8-19(9-6-17)22(23,24)25)14-28(21)20-10-3-16(13-26)4-11-20/h3-6,8-11,18,21H,7,12,14-15H2,1-2H3/t18?,21-/m0/s1. The van der Waals surface area contributed by atoms with E-state index in [4.69, 9.17) is 5.26 Å². The second-order valence-corrected chi connectivity index (χ2v) is 7.62. The van der Waals surface area contributed by atoms with Gasteiger partial charge in [-0.1, -0.05) is 12.1 Å². The van der Waals surface area contributed by atoms with Gasteiger partial charge in [0.2, 0.25) is 0 Å². The Hall–Kier alpha value is -2.52. The Labute approximate surface area is 164 Å². The molecule has 1 saturated heterocycles. The van der Waals surface area contributed by atoms with Crippen molar-refractivity contribution in [2.75, 3.05) is 32.1 Å². The van der Waals surface area contributed by atoms with Crippen molar-refractivity contribution < 1.29 is 13.2 Å². The average molecular weight is 387 g/mol. The van der Waals surface area contributed by atoms with Crippen molar-refractivity contribution in [1.29, 1.82) is 5.26 Å². The van der Waals surface area contributed by atoms with Gasteiger partial charge >= 0.3 is 6.18 Å². The fourth-order valence-corrected chi connectivity index (χ4v) is 3.90. The number of nitrogens with zero attached hydrogens (tertiary/aromatic N) is 3. The van der Waals surface area contributed by atoms with Crippen molar-refractivity contribution in [3.8, 4) is 6.07 Å². The lowest BCUT2D eigenvalue weighted by Crippen LogP contribution is -2.47. The van der Waals surface area contributed by atoms with Gasteiger partial charge in [-0.2, -0.15) is 18.4 Å². The Balaban J connectivity index is 1.83. The summed E-state index contributed by atoms with van der Waals surface area (Å²) in [7, 11) is 4.08. The van der Waals surface area contributed by atoms with Crippen LogP contribution in [0.2, 0.25) is 0 Å². The maximum absolute atomic E-state index is 12.8. The summed E-state index contributed by atoms with van der Waals surface area (Å²) in [6.07, 6.45) is -2.41. The van der Waals surface area contributed by atoms with Crippen molar-refractivity contribution in [2.45, 2.75) is 31.0 Å². The van der Waals surface area contributed by atoms with E-state index >= 15 is 0 Å². The number of nitriles is 1. The number of anilines is 1. The largest absolute Gasteiger partial charge is 0.416 e. The van der Waals surface area contributed by atoms with Gasteiger partial charge in [0.05, 0.1) is 17.2 Å². The van der Waals surface area contributed by atoms with Crippen LogP contribution in [0.5, 0.6) is 0 Å². The van der Waals surface area contributed by atoms with Crippen LogP contribution in [-0.4, -0.2) is 38.1 Å². The molecule has 0 radical (unpaired) electrons. The van der Waals surface area contributed by atoms with E-state index in [2.05, 4.69) is 15.9 Å². The molecule has 2 atom stereocenters. The third-order valence-corrected chi connectivity index (χ3v) is 5.32. The summed E-state index contributed by atoms with van der Waals surface area (Å²) in [5.41, 5.74) is 1.99. The molecule has 1 heterocycles. The zero-order valence-electron chi connectivity index (χ0n) is 16.1. The van der Waals surface area contributed by atoms with Crippen molar-refractivity contribution >= 4 is 5.69 Å². The fraction of sp³-hybridized carbons (Fsp3) is 0.409. The van der Waals surface area contributed by atoms with Crippen molar-refractivity contribution in [3.63, 3.8) is 0 Å². The van der Waals surface area contributed by atoms with Crippen LogP contribution in [-0.2, 0) is 6.18 Å². The predicted octanol–water partition coefficient (Wildman–Crippen LogP) is 4.89. The van der Waals surface area contributed by atoms with Crippen molar-refractivity contribution in [2.24, 2.45) is 0 Å². The molecule has 148 valence electrons. The Bertz CT molecular complexity index is 820. The molecule has 0 saturated carbocycles. The van der Waals surface area contributed by atoms with Crippen LogP contribution < -0.4 is 4.90 Å². The molecule has 1 aliphatic rings. The highest BCUT2D eigenvalue weighted by Gasteiger charge is 2.32. The van der Waals surface area contributed by atoms with E-state index in [9.17, 15) is 13.2 Å². The van der Waals surface area contributed by atoms with Crippen LogP contribution in [0.25, 0.3) is 0 Å². The number of alkyl halides is 3. The molecular weight excluding hydrogens is 363 g/mol. The van der Waals surface area contributed by atoms with Crippen LogP contribution in [0.3, 0.4) is 0 Å². The van der Waals surface area contributed by atoms with Crippen LogP contribution in [0.4, 0.5) is 18.9 Å². The molecule has 2 aromatic rings. The highest BCUT2D eigenvalue weighted by Crippen LogP contribution is 2.35. The summed E-state index contributed by atoms with van der Waals surface area (Å²) in [4.78, 5) is 4.48. The molecule has 28 heavy (non-hydrogen) atoms. The van der Waals surface area contributed by atoms with Crippen LogP contribution in [0.1, 0.15) is 35.4 Å². The maximum Gasteiger partial charge on any atom is 0.416 e. The minimum Gasteiger partial charge on any atom is -0.367 e. The van der Waals surface area contributed by atoms with Gasteiger partial charge in [-0.15, -0.1) is 0 Å². The Morgan fingerprint density at radius 3 is 2.21 bits per heavy atom. The molecule has 1 unspecified atom stereocenters. The third kappa shape index (κ3) is 4.66. The Kier molecular flexibility index (Phi) is 5.95. The zero-order chi connectivity index (χ0) is 20.3. The Morgan fingerprint density at radius 2 is 1.68 bits per heavy atom. The SMILES string of the molecule is CN(C)C[C@@H]1CCC(c2ccc(C(F)(F)F)cc2)CN1c1ccc(C#N)cc1. The molecule has 0 bridgehead atoms. The number of piperidine rings is 1. The van der Waals surface area contributed by atoms with Gasteiger partial charge in [0.15, 0.2) is 0 Å². The molecule has 1 aliphatic heterocycles. The summed E-state index contributed by atoms with van der Waals surface area (Å²) in [5.74, 6) is 0.177. The predicted molar refractivity (Wildman–Crippen MR) is 104 cm³/mol. The zero-order valence-corrected chi connectivity index (χ0v) is 16.1. The number of hydrogen-bond donors (Lipinski definition) is 0. The quantitative estimate of drug-likeness (QED) is 0.748. The highest BCUT2D eigenvalue weighted by atomic mass is 19.4. The highest BCUT2D eigenvalue weighted by molar-refractivity contribution is 5.51. The first-order valence-corrected chi connectivity index (χ1v) is 9.36. The molecule has 0 N–H and O–H groups in total. The Morgan fingerprint density at radius 1 is 1.04 bits per heavy atom. The second kappa shape index (κ2) is 8.24. The van der Waals surface area contributed by atoms with Crippen molar-refractivity contribution in [3.05, 3.63) is 65.2 Å². The van der Waals surface area contributed by atoms with E-state index < -0.39 is 11.7 Å². The summed E-state index contributed by atoms with van der Waals surface area (Å²) >= 11 is 0. The molecule has 3 rings (SSSR count). The average Bonchev–Trinajstić information content (AvgIpc) is 2.67. The minimum absolute atomic E-state index is 0.177. The molecule has 6 heteroatoms. The topological polar surface area (TPSA) is 30.3 Å². The lowest BCUT2D eigenvalue weighted by atomic mass is 9.86. The number of hydrogen-bond acceptors (Lipinski definition) is 3. The second-order valence-electron chi connectivity index (χ2n) is 7.62. The third-order valence-electron chi connectivity index (χ3n) is 5.32. The molecule has 3 nitrogen and oxygen atoms in total. The molecule has 2 aromatic carbocycles. The molecule has 0 amide bonds. The number of rotatable bonds is 4. The van der Waals surface area contributed by atoms with Gasteiger partial charge in [0.1, 0.15) is 0 Å². The molecular formula is C22H24F3N3. The summed E-state index contributed by atoms with van der Waals surface area (Å²) < 4.78 is 38.5. The summed E-state index contributed by atoms with van der Waals surface area (Å²) in [6.45, 7) is 1.65. The monoisotopic (exact) mass is 387 g/mol. The number of benzene rings is 2. The summed E-state index contributed by atoms with van der Waals surface area (Å²) in [6, 6.07) is 15.6. The smallest absolute Gasteiger partial charge is 0.367 e. The van der Waals surface area contributed by atoms with Gasteiger partial charge < -0.3 is 9.80 Å². The molecule has 0 spiro atoms. The molecule has 0 aliphatic carbocycles. The van der Waals surface area contributed by atoms with E-state index in [0.717, 1.165) is 37.2 Å². The normalized spacial score (nSPS) is 20.2. The van der Waals surface area contributed by atoms with Crippen LogP contribution >= 0.6 is 0 Å².